The van der Waals surface area contributed by atoms with E-state index in [4.69, 9.17) is 10.3 Å². The summed E-state index contributed by atoms with van der Waals surface area (Å²) in [6, 6.07) is 7.15. The van der Waals surface area contributed by atoms with Gasteiger partial charge in [-0.3, -0.25) is 0 Å². The minimum absolute atomic E-state index is 0.0496. The first kappa shape index (κ1) is 12.5. The monoisotopic (exact) mass is 246 g/mol. The van der Waals surface area contributed by atoms with E-state index >= 15 is 0 Å². The number of aromatic hydroxyl groups is 1. The molecule has 0 fully saturated rings. The molecular weight excluding hydrogens is 228 g/mol. The van der Waals surface area contributed by atoms with Gasteiger partial charge in [0.1, 0.15) is 5.75 Å². The van der Waals surface area contributed by atoms with Gasteiger partial charge >= 0.3 is 0 Å². The standard InChI is InChI=1S/C14H18N2O2/c1-4-14(2,3)9-5-6-11(17)10(7-9)12-8-13(15)16-18-12/h5-8,17H,4H2,1-3H3,(H2,15,16). The summed E-state index contributed by atoms with van der Waals surface area (Å²) in [6.45, 7) is 6.47. The molecule has 0 amide bonds. The Balaban J connectivity index is 2.51. The normalized spacial score (nSPS) is 11.7. The van der Waals surface area contributed by atoms with Crippen molar-refractivity contribution in [3.05, 3.63) is 29.8 Å². The number of nitrogens with zero attached hydrogens (tertiary/aromatic N) is 1. The first-order valence-electron chi connectivity index (χ1n) is 6.00. The second kappa shape index (κ2) is 4.37. The van der Waals surface area contributed by atoms with E-state index in [9.17, 15) is 5.11 Å². The van der Waals surface area contributed by atoms with Crippen molar-refractivity contribution >= 4 is 5.82 Å². The molecule has 1 aromatic carbocycles. The second-order valence-electron chi connectivity index (χ2n) is 5.09. The molecule has 0 bridgehead atoms. The van der Waals surface area contributed by atoms with Gasteiger partial charge in [0.25, 0.3) is 0 Å². The van der Waals surface area contributed by atoms with Crippen molar-refractivity contribution in [2.45, 2.75) is 32.6 Å². The maximum atomic E-state index is 9.91. The zero-order valence-electron chi connectivity index (χ0n) is 10.9. The van der Waals surface area contributed by atoms with Gasteiger partial charge in [-0.15, -0.1) is 0 Å². The van der Waals surface area contributed by atoms with Crippen LogP contribution in [0.4, 0.5) is 5.82 Å². The molecule has 2 rings (SSSR count). The van der Waals surface area contributed by atoms with Gasteiger partial charge in [-0.1, -0.05) is 32.0 Å². The van der Waals surface area contributed by atoms with Crippen molar-refractivity contribution in [1.82, 2.24) is 5.16 Å². The summed E-state index contributed by atoms with van der Waals surface area (Å²) in [5.74, 6) is 0.963. The summed E-state index contributed by atoms with van der Waals surface area (Å²) < 4.78 is 5.10. The van der Waals surface area contributed by atoms with E-state index < -0.39 is 0 Å². The largest absolute Gasteiger partial charge is 0.507 e. The van der Waals surface area contributed by atoms with Crippen LogP contribution in [-0.4, -0.2) is 10.3 Å². The van der Waals surface area contributed by atoms with Crippen molar-refractivity contribution in [3.8, 4) is 17.1 Å². The molecule has 0 radical (unpaired) electrons. The van der Waals surface area contributed by atoms with Crippen LogP contribution < -0.4 is 5.73 Å². The highest BCUT2D eigenvalue weighted by molar-refractivity contribution is 5.68. The minimum atomic E-state index is 0.0496. The molecule has 0 aliphatic rings. The van der Waals surface area contributed by atoms with Crippen molar-refractivity contribution in [2.75, 3.05) is 5.73 Å². The number of phenols is 1. The average molecular weight is 246 g/mol. The predicted octanol–water partition coefficient (Wildman–Crippen LogP) is 3.32. The number of rotatable bonds is 3. The molecule has 0 aliphatic carbocycles. The number of benzene rings is 1. The lowest BCUT2D eigenvalue weighted by Gasteiger charge is -2.23. The highest BCUT2D eigenvalue weighted by Crippen LogP contribution is 2.35. The van der Waals surface area contributed by atoms with Crippen molar-refractivity contribution in [3.63, 3.8) is 0 Å². The van der Waals surface area contributed by atoms with Crippen LogP contribution >= 0.6 is 0 Å². The fourth-order valence-electron chi connectivity index (χ4n) is 1.77. The number of hydrogen-bond donors (Lipinski definition) is 2. The third-order valence-electron chi connectivity index (χ3n) is 3.46. The molecule has 3 N–H and O–H groups in total. The fourth-order valence-corrected chi connectivity index (χ4v) is 1.77. The molecule has 0 saturated heterocycles. The molecule has 4 nitrogen and oxygen atoms in total. The van der Waals surface area contributed by atoms with Gasteiger partial charge < -0.3 is 15.4 Å². The van der Waals surface area contributed by atoms with E-state index in [-0.39, 0.29) is 11.2 Å². The maximum absolute atomic E-state index is 9.91. The molecule has 1 heterocycles. The Morgan fingerprint density at radius 1 is 1.33 bits per heavy atom. The van der Waals surface area contributed by atoms with Crippen molar-refractivity contribution in [2.24, 2.45) is 0 Å². The van der Waals surface area contributed by atoms with Crippen molar-refractivity contribution < 1.29 is 9.63 Å². The zero-order chi connectivity index (χ0) is 13.3. The van der Waals surface area contributed by atoms with Gasteiger partial charge in [0, 0.05) is 6.07 Å². The Labute approximate surface area is 106 Å². The van der Waals surface area contributed by atoms with Crippen LogP contribution in [0.3, 0.4) is 0 Å². The first-order chi connectivity index (χ1) is 8.44. The Morgan fingerprint density at radius 3 is 2.61 bits per heavy atom. The van der Waals surface area contributed by atoms with Crippen LogP contribution in [0.15, 0.2) is 28.8 Å². The smallest absolute Gasteiger partial charge is 0.172 e. The van der Waals surface area contributed by atoms with Crippen molar-refractivity contribution in [1.29, 1.82) is 0 Å². The van der Waals surface area contributed by atoms with Crippen LogP contribution in [0.1, 0.15) is 32.8 Å². The number of phenolic OH excluding ortho intramolecular Hbond substituents is 1. The minimum Gasteiger partial charge on any atom is -0.507 e. The van der Waals surface area contributed by atoms with Gasteiger partial charge in [-0.25, -0.2) is 0 Å². The SMILES string of the molecule is CCC(C)(C)c1ccc(O)c(-c2cc(N)no2)c1. The van der Waals surface area contributed by atoms with E-state index in [0.29, 0.717) is 17.1 Å². The Bertz CT molecular complexity index is 559. The average Bonchev–Trinajstić information content (AvgIpc) is 2.76. The summed E-state index contributed by atoms with van der Waals surface area (Å²) in [7, 11) is 0. The molecule has 2 aromatic rings. The number of anilines is 1. The summed E-state index contributed by atoms with van der Waals surface area (Å²) in [5, 5.41) is 13.5. The number of nitrogen functional groups attached to an aromatic ring is 1. The lowest BCUT2D eigenvalue weighted by molar-refractivity contribution is 0.428. The highest BCUT2D eigenvalue weighted by atomic mass is 16.5. The first-order valence-corrected chi connectivity index (χ1v) is 6.00. The molecule has 0 aliphatic heterocycles. The van der Waals surface area contributed by atoms with Crippen LogP contribution in [0.25, 0.3) is 11.3 Å². The Morgan fingerprint density at radius 2 is 2.06 bits per heavy atom. The maximum Gasteiger partial charge on any atom is 0.172 e. The van der Waals surface area contributed by atoms with Gasteiger partial charge in [0.2, 0.25) is 0 Å². The molecule has 0 saturated carbocycles. The third kappa shape index (κ3) is 2.18. The van der Waals surface area contributed by atoms with E-state index in [1.807, 2.05) is 12.1 Å². The van der Waals surface area contributed by atoms with Crippen LogP contribution in [-0.2, 0) is 5.41 Å². The second-order valence-corrected chi connectivity index (χ2v) is 5.09. The number of aromatic nitrogens is 1. The summed E-state index contributed by atoms with van der Waals surface area (Å²) in [5.41, 5.74) is 7.35. The lowest BCUT2D eigenvalue weighted by atomic mass is 9.81. The number of hydrogen-bond acceptors (Lipinski definition) is 4. The molecule has 0 spiro atoms. The lowest BCUT2D eigenvalue weighted by Crippen LogP contribution is -2.15. The fraction of sp³-hybridized carbons (Fsp3) is 0.357. The molecular formula is C14H18N2O2. The molecule has 18 heavy (non-hydrogen) atoms. The zero-order valence-corrected chi connectivity index (χ0v) is 10.9. The van der Waals surface area contributed by atoms with E-state index in [1.165, 1.54) is 0 Å². The van der Waals surface area contributed by atoms with Gasteiger partial charge in [0.05, 0.1) is 5.56 Å². The Kier molecular flexibility index (Phi) is 3.03. The van der Waals surface area contributed by atoms with E-state index in [1.54, 1.807) is 12.1 Å². The van der Waals surface area contributed by atoms with Crippen LogP contribution in [0, 0.1) is 0 Å². The van der Waals surface area contributed by atoms with E-state index in [2.05, 4.69) is 25.9 Å². The third-order valence-corrected chi connectivity index (χ3v) is 3.46. The van der Waals surface area contributed by atoms with E-state index in [0.717, 1.165) is 12.0 Å². The Hall–Kier alpha value is -1.97. The quantitative estimate of drug-likeness (QED) is 0.871. The summed E-state index contributed by atoms with van der Waals surface area (Å²) in [4.78, 5) is 0. The number of nitrogens with two attached hydrogens (primary N) is 1. The molecule has 1 aromatic heterocycles. The topological polar surface area (TPSA) is 72.3 Å². The van der Waals surface area contributed by atoms with Gasteiger partial charge in [-0.05, 0) is 29.5 Å². The molecule has 0 atom stereocenters. The molecule has 96 valence electrons. The van der Waals surface area contributed by atoms with Crippen LogP contribution in [0.5, 0.6) is 5.75 Å². The van der Waals surface area contributed by atoms with Gasteiger partial charge in [-0.2, -0.15) is 0 Å². The summed E-state index contributed by atoms with van der Waals surface area (Å²) >= 11 is 0. The molecule has 0 unspecified atom stereocenters. The van der Waals surface area contributed by atoms with Gasteiger partial charge in [0.15, 0.2) is 11.6 Å². The molecule has 4 heteroatoms. The van der Waals surface area contributed by atoms with Crippen LogP contribution in [0.2, 0.25) is 0 Å². The highest BCUT2D eigenvalue weighted by Gasteiger charge is 2.20. The summed E-state index contributed by atoms with van der Waals surface area (Å²) in [6.07, 6.45) is 1.01. The predicted molar refractivity (Wildman–Crippen MR) is 71.3 cm³/mol.